The Kier molecular flexibility index (Phi) is 2.90. The van der Waals surface area contributed by atoms with E-state index >= 15 is 0 Å². The average molecular weight is 204 g/mol. The number of hydrazine groups is 1. The Hall–Kier alpha value is -1.51. The molecule has 0 unspecified atom stereocenters. The molecule has 3 heteroatoms. The third-order valence-electron chi connectivity index (χ3n) is 2.68. The molecule has 0 spiro atoms. The average Bonchev–Trinajstić information content (AvgIpc) is 2.29. The van der Waals surface area contributed by atoms with E-state index in [0.717, 1.165) is 25.1 Å². The summed E-state index contributed by atoms with van der Waals surface area (Å²) in [6.07, 6.45) is 2.60. The standard InChI is InChI=1S/C12H16N2O/c1-2-10-5-3-6-11(9-10)14-8-4-7-12(15)13-14/h3,5-6,9H,2,4,7-8H2,1H3,(H,13,15). The van der Waals surface area contributed by atoms with Crippen molar-refractivity contribution in [3.05, 3.63) is 29.8 Å². The van der Waals surface area contributed by atoms with Crippen molar-refractivity contribution in [3.63, 3.8) is 0 Å². The molecule has 0 radical (unpaired) electrons. The van der Waals surface area contributed by atoms with E-state index in [1.807, 2.05) is 17.1 Å². The molecule has 1 N–H and O–H groups in total. The molecule has 1 aliphatic heterocycles. The molecule has 1 heterocycles. The van der Waals surface area contributed by atoms with Crippen LogP contribution in [0.25, 0.3) is 0 Å². The first-order valence-electron chi connectivity index (χ1n) is 5.45. The number of nitrogens with one attached hydrogen (secondary N) is 1. The first-order valence-corrected chi connectivity index (χ1v) is 5.45. The van der Waals surface area contributed by atoms with E-state index in [-0.39, 0.29) is 5.91 Å². The fraction of sp³-hybridized carbons (Fsp3) is 0.417. The van der Waals surface area contributed by atoms with Gasteiger partial charge in [0.1, 0.15) is 0 Å². The van der Waals surface area contributed by atoms with E-state index in [4.69, 9.17) is 0 Å². The van der Waals surface area contributed by atoms with E-state index in [1.165, 1.54) is 5.56 Å². The molecule has 1 aliphatic rings. The smallest absolute Gasteiger partial charge is 0.238 e. The van der Waals surface area contributed by atoms with Crippen LogP contribution in [-0.4, -0.2) is 12.5 Å². The van der Waals surface area contributed by atoms with Crippen LogP contribution in [0.15, 0.2) is 24.3 Å². The van der Waals surface area contributed by atoms with Crippen LogP contribution in [0.4, 0.5) is 5.69 Å². The first-order chi connectivity index (χ1) is 7.29. The number of rotatable bonds is 2. The highest BCUT2D eigenvalue weighted by atomic mass is 16.2. The molecule has 1 saturated heterocycles. The van der Waals surface area contributed by atoms with Crippen LogP contribution in [0.3, 0.4) is 0 Å². The molecular formula is C12H16N2O. The minimum atomic E-state index is 0.114. The third kappa shape index (κ3) is 2.29. The van der Waals surface area contributed by atoms with Crippen molar-refractivity contribution in [1.82, 2.24) is 5.43 Å². The van der Waals surface area contributed by atoms with Gasteiger partial charge >= 0.3 is 0 Å². The minimum Gasteiger partial charge on any atom is -0.286 e. The quantitative estimate of drug-likeness (QED) is 0.797. The maximum Gasteiger partial charge on any atom is 0.238 e. The summed E-state index contributed by atoms with van der Waals surface area (Å²) in [6, 6.07) is 8.31. The highest BCUT2D eigenvalue weighted by molar-refractivity contribution is 5.79. The zero-order valence-electron chi connectivity index (χ0n) is 8.99. The lowest BCUT2D eigenvalue weighted by molar-refractivity contribution is -0.122. The number of carbonyl (C=O) groups excluding carboxylic acids is 1. The van der Waals surface area contributed by atoms with Crippen LogP contribution in [0.5, 0.6) is 0 Å². The molecule has 0 saturated carbocycles. The number of anilines is 1. The van der Waals surface area contributed by atoms with Crippen molar-refractivity contribution in [3.8, 4) is 0 Å². The molecule has 1 amide bonds. The van der Waals surface area contributed by atoms with Gasteiger partial charge in [-0.25, -0.2) is 0 Å². The summed E-state index contributed by atoms with van der Waals surface area (Å²) in [5, 5.41) is 1.94. The van der Waals surface area contributed by atoms with Gasteiger partial charge in [0.2, 0.25) is 5.91 Å². The minimum absolute atomic E-state index is 0.114. The molecule has 2 rings (SSSR count). The van der Waals surface area contributed by atoms with E-state index in [2.05, 4.69) is 24.5 Å². The lowest BCUT2D eigenvalue weighted by Gasteiger charge is -2.29. The fourth-order valence-corrected chi connectivity index (χ4v) is 1.80. The highest BCUT2D eigenvalue weighted by Crippen LogP contribution is 2.17. The third-order valence-corrected chi connectivity index (χ3v) is 2.68. The van der Waals surface area contributed by atoms with Crippen LogP contribution < -0.4 is 10.4 Å². The molecule has 1 aromatic rings. The summed E-state index contributed by atoms with van der Waals surface area (Å²) in [4.78, 5) is 11.2. The van der Waals surface area contributed by atoms with Crippen LogP contribution in [-0.2, 0) is 11.2 Å². The summed E-state index contributed by atoms with van der Waals surface area (Å²) in [5.74, 6) is 0.114. The lowest BCUT2D eigenvalue weighted by Crippen LogP contribution is -2.46. The number of nitrogens with zero attached hydrogens (tertiary/aromatic N) is 1. The summed E-state index contributed by atoms with van der Waals surface area (Å²) >= 11 is 0. The summed E-state index contributed by atoms with van der Waals surface area (Å²) in [7, 11) is 0. The molecule has 0 atom stereocenters. The first kappa shape index (κ1) is 10.0. The van der Waals surface area contributed by atoms with Crippen LogP contribution >= 0.6 is 0 Å². The fourth-order valence-electron chi connectivity index (χ4n) is 1.80. The Morgan fingerprint density at radius 1 is 1.47 bits per heavy atom. The lowest BCUT2D eigenvalue weighted by atomic mass is 10.1. The summed E-state index contributed by atoms with van der Waals surface area (Å²) < 4.78 is 0. The van der Waals surface area contributed by atoms with Crippen LogP contribution in [0.2, 0.25) is 0 Å². The van der Waals surface area contributed by atoms with Crippen molar-refractivity contribution in [2.45, 2.75) is 26.2 Å². The van der Waals surface area contributed by atoms with Crippen molar-refractivity contribution in [1.29, 1.82) is 0 Å². The van der Waals surface area contributed by atoms with Crippen molar-refractivity contribution in [2.75, 3.05) is 11.6 Å². The van der Waals surface area contributed by atoms with Crippen LogP contribution in [0.1, 0.15) is 25.3 Å². The van der Waals surface area contributed by atoms with E-state index in [1.54, 1.807) is 0 Å². The molecule has 80 valence electrons. The van der Waals surface area contributed by atoms with Crippen molar-refractivity contribution < 1.29 is 4.79 Å². The van der Waals surface area contributed by atoms with Gasteiger partial charge in [-0.2, -0.15) is 0 Å². The number of carbonyl (C=O) groups is 1. The predicted octanol–water partition coefficient (Wildman–Crippen LogP) is 1.88. The highest BCUT2D eigenvalue weighted by Gasteiger charge is 2.15. The van der Waals surface area contributed by atoms with E-state index in [0.29, 0.717) is 6.42 Å². The van der Waals surface area contributed by atoms with Crippen molar-refractivity contribution >= 4 is 11.6 Å². The number of amides is 1. The molecule has 0 aromatic heterocycles. The molecule has 1 aromatic carbocycles. The Labute approximate surface area is 90.1 Å². The SMILES string of the molecule is CCc1cccc(N2CCCC(=O)N2)c1. The molecule has 0 aliphatic carbocycles. The number of hydrogen-bond donors (Lipinski definition) is 1. The molecular weight excluding hydrogens is 188 g/mol. The molecule has 3 nitrogen and oxygen atoms in total. The predicted molar refractivity (Wildman–Crippen MR) is 60.5 cm³/mol. The Bertz CT molecular complexity index is 362. The Morgan fingerprint density at radius 3 is 3.07 bits per heavy atom. The van der Waals surface area contributed by atoms with Gasteiger partial charge in [0.15, 0.2) is 0 Å². The molecule has 1 fully saturated rings. The van der Waals surface area contributed by atoms with Gasteiger partial charge in [-0.1, -0.05) is 19.1 Å². The number of benzene rings is 1. The van der Waals surface area contributed by atoms with Gasteiger partial charge in [-0.15, -0.1) is 0 Å². The molecule has 0 bridgehead atoms. The topological polar surface area (TPSA) is 32.3 Å². The maximum atomic E-state index is 11.2. The van der Waals surface area contributed by atoms with Crippen LogP contribution in [0, 0.1) is 0 Å². The Balaban J connectivity index is 2.17. The second kappa shape index (κ2) is 4.34. The van der Waals surface area contributed by atoms with Gasteiger partial charge in [0, 0.05) is 13.0 Å². The van der Waals surface area contributed by atoms with E-state index in [9.17, 15) is 4.79 Å². The summed E-state index contributed by atoms with van der Waals surface area (Å²) in [5.41, 5.74) is 5.26. The van der Waals surface area contributed by atoms with Gasteiger partial charge < -0.3 is 0 Å². The van der Waals surface area contributed by atoms with Gasteiger partial charge in [-0.05, 0) is 30.5 Å². The zero-order valence-corrected chi connectivity index (χ0v) is 8.99. The molecule has 15 heavy (non-hydrogen) atoms. The van der Waals surface area contributed by atoms with E-state index < -0.39 is 0 Å². The Morgan fingerprint density at radius 2 is 2.33 bits per heavy atom. The zero-order chi connectivity index (χ0) is 10.7. The normalized spacial score (nSPS) is 16.3. The monoisotopic (exact) mass is 204 g/mol. The van der Waals surface area contributed by atoms with Gasteiger partial charge in [-0.3, -0.25) is 15.2 Å². The second-order valence-electron chi connectivity index (χ2n) is 3.81. The number of hydrogen-bond acceptors (Lipinski definition) is 2. The van der Waals surface area contributed by atoms with Gasteiger partial charge in [0.05, 0.1) is 5.69 Å². The number of aryl methyl sites for hydroxylation is 1. The van der Waals surface area contributed by atoms with Crippen molar-refractivity contribution in [2.24, 2.45) is 0 Å². The van der Waals surface area contributed by atoms with Gasteiger partial charge in [0.25, 0.3) is 0 Å². The maximum absolute atomic E-state index is 11.2. The summed E-state index contributed by atoms with van der Waals surface area (Å²) in [6.45, 7) is 3.03. The largest absolute Gasteiger partial charge is 0.286 e. The second-order valence-corrected chi connectivity index (χ2v) is 3.81.